The minimum absolute atomic E-state index is 0.0731. The number of carbonyl (C=O) groups excluding carboxylic acids is 1. The fourth-order valence-corrected chi connectivity index (χ4v) is 4.97. The molecule has 0 aliphatic heterocycles. The fraction of sp³-hybridized carbons (Fsp3) is 0.542. The molecule has 5 nitrogen and oxygen atoms in total. The summed E-state index contributed by atoms with van der Waals surface area (Å²) in [5.74, 6) is -0.246. The van der Waals surface area contributed by atoms with Crippen molar-refractivity contribution < 1.29 is 17.9 Å². The van der Waals surface area contributed by atoms with Crippen LogP contribution in [0.4, 0.5) is 0 Å². The number of esters is 1. The highest BCUT2D eigenvalue weighted by Crippen LogP contribution is 2.23. The van der Waals surface area contributed by atoms with E-state index >= 15 is 0 Å². The van der Waals surface area contributed by atoms with Gasteiger partial charge in [0, 0.05) is 11.4 Å². The van der Waals surface area contributed by atoms with Crippen LogP contribution >= 0.6 is 11.3 Å². The van der Waals surface area contributed by atoms with Crippen molar-refractivity contribution in [2.75, 3.05) is 12.3 Å². The van der Waals surface area contributed by atoms with E-state index in [0.717, 1.165) is 10.4 Å². The molecule has 2 aromatic rings. The Hall–Kier alpha value is -1.70. The molecule has 0 aliphatic rings. The Labute approximate surface area is 191 Å². The summed E-state index contributed by atoms with van der Waals surface area (Å²) in [6.45, 7) is 12.4. The molecule has 0 bridgehead atoms. The van der Waals surface area contributed by atoms with E-state index < -0.39 is 15.6 Å². The van der Waals surface area contributed by atoms with Gasteiger partial charge in [-0.1, -0.05) is 45.0 Å². The molecule has 0 aliphatic carbocycles. The van der Waals surface area contributed by atoms with Gasteiger partial charge in [0.2, 0.25) is 10.0 Å². The highest BCUT2D eigenvalue weighted by molar-refractivity contribution is 7.89. The largest absolute Gasteiger partial charge is 0.456 e. The first kappa shape index (κ1) is 25.6. The van der Waals surface area contributed by atoms with Gasteiger partial charge in [-0.3, -0.25) is 0 Å². The number of aryl methyl sites for hydroxylation is 2. The normalized spacial score (nSPS) is 12.7. The molecule has 172 valence electrons. The second-order valence-corrected chi connectivity index (χ2v) is 12.9. The van der Waals surface area contributed by atoms with Crippen molar-refractivity contribution in [3.8, 4) is 0 Å². The predicted octanol–water partition coefficient (Wildman–Crippen LogP) is 5.10. The number of ether oxygens (including phenoxy) is 1. The van der Waals surface area contributed by atoms with Gasteiger partial charge in [0.25, 0.3) is 0 Å². The second-order valence-electron chi connectivity index (χ2n) is 9.78. The Bertz CT molecular complexity index is 962. The van der Waals surface area contributed by atoms with Crippen molar-refractivity contribution in [2.45, 2.75) is 71.8 Å². The molecule has 0 spiro atoms. The summed E-state index contributed by atoms with van der Waals surface area (Å²) in [5, 5.41) is 0. The zero-order chi connectivity index (χ0) is 23.3. The lowest BCUT2D eigenvalue weighted by molar-refractivity contribution is 0.00752. The number of rotatable bonds is 9. The minimum Gasteiger partial charge on any atom is -0.456 e. The fourth-order valence-electron chi connectivity index (χ4n) is 2.94. The number of thiophene rings is 1. The monoisotopic (exact) mass is 465 g/mol. The van der Waals surface area contributed by atoms with Gasteiger partial charge in [-0.15, -0.1) is 11.3 Å². The topological polar surface area (TPSA) is 72.5 Å². The third-order valence-electron chi connectivity index (χ3n) is 4.66. The summed E-state index contributed by atoms with van der Waals surface area (Å²) in [4.78, 5) is 13.7. The standard InChI is InChI=1S/C24H35NO4S2/c1-23(2,3)19-11-9-18(10-12-19)15-17-31(27,28)25-16-7-8-20-13-14-21(30-20)22(26)29-24(4,5)6/h9-14,25H,7-8,15-17H2,1-6H3. The lowest BCUT2D eigenvalue weighted by Crippen LogP contribution is -2.28. The molecular formula is C24H35NO4S2. The van der Waals surface area contributed by atoms with Gasteiger partial charge in [-0.25, -0.2) is 17.9 Å². The van der Waals surface area contributed by atoms with E-state index in [9.17, 15) is 13.2 Å². The van der Waals surface area contributed by atoms with Crippen molar-refractivity contribution >= 4 is 27.3 Å². The van der Waals surface area contributed by atoms with Gasteiger partial charge in [0.05, 0.1) is 5.75 Å². The Kier molecular flexibility index (Phi) is 8.47. The first-order chi connectivity index (χ1) is 14.3. The van der Waals surface area contributed by atoms with Crippen LogP contribution in [-0.2, 0) is 33.0 Å². The molecule has 7 heteroatoms. The Morgan fingerprint density at radius 2 is 1.61 bits per heavy atom. The van der Waals surface area contributed by atoms with Crippen LogP contribution in [-0.4, -0.2) is 32.3 Å². The maximum atomic E-state index is 12.3. The summed E-state index contributed by atoms with van der Waals surface area (Å²) in [5.41, 5.74) is 1.82. The summed E-state index contributed by atoms with van der Waals surface area (Å²) in [6.07, 6.45) is 1.88. The van der Waals surface area contributed by atoms with Crippen molar-refractivity contribution in [1.29, 1.82) is 0 Å². The molecule has 2 rings (SSSR count). The summed E-state index contributed by atoms with van der Waals surface area (Å²) in [7, 11) is -3.32. The van der Waals surface area contributed by atoms with E-state index in [1.807, 2.05) is 39.0 Å². The zero-order valence-corrected chi connectivity index (χ0v) is 21.1. The average molecular weight is 466 g/mol. The zero-order valence-electron chi connectivity index (χ0n) is 19.4. The molecule has 0 radical (unpaired) electrons. The van der Waals surface area contributed by atoms with Crippen LogP contribution in [0.15, 0.2) is 36.4 Å². The number of hydrogen-bond donors (Lipinski definition) is 1. The van der Waals surface area contributed by atoms with E-state index in [-0.39, 0.29) is 17.1 Å². The molecule has 0 saturated heterocycles. The molecule has 1 N–H and O–H groups in total. The van der Waals surface area contributed by atoms with E-state index in [4.69, 9.17) is 4.74 Å². The van der Waals surface area contributed by atoms with Gasteiger partial charge in [-0.05, 0) is 68.7 Å². The number of hydrogen-bond acceptors (Lipinski definition) is 5. The molecular weight excluding hydrogens is 430 g/mol. The van der Waals surface area contributed by atoms with Gasteiger partial charge >= 0.3 is 5.97 Å². The summed E-state index contributed by atoms with van der Waals surface area (Å²) >= 11 is 1.40. The molecule has 1 aromatic carbocycles. The molecule has 31 heavy (non-hydrogen) atoms. The van der Waals surface area contributed by atoms with E-state index in [1.165, 1.54) is 16.9 Å². The van der Waals surface area contributed by atoms with Crippen LogP contribution in [0, 0.1) is 0 Å². The molecule has 0 unspecified atom stereocenters. The highest BCUT2D eigenvalue weighted by atomic mass is 32.2. The van der Waals surface area contributed by atoms with E-state index in [2.05, 4.69) is 37.6 Å². The quantitative estimate of drug-likeness (QED) is 0.413. The van der Waals surface area contributed by atoms with Gasteiger partial charge in [0.1, 0.15) is 10.5 Å². The van der Waals surface area contributed by atoms with E-state index in [1.54, 1.807) is 6.07 Å². The highest BCUT2D eigenvalue weighted by Gasteiger charge is 2.19. The number of benzene rings is 1. The SMILES string of the molecule is CC(C)(C)OC(=O)c1ccc(CCCNS(=O)(=O)CCc2ccc(C(C)(C)C)cc2)s1. The lowest BCUT2D eigenvalue weighted by Gasteiger charge is -2.19. The van der Waals surface area contributed by atoms with Crippen molar-refractivity contribution in [3.63, 3.8) is 0 Å². The van der Waals surface area contributed by atoms with E-state index in [0.29, 0.717) is 30.7 Å². The number of sulfonamides is 1. The van der Waals surface area contributed by atoms with Gasteiger partial charge in [0.15, 0.2) is 0 Å². The Balaban J connectivity index is 1.75. The molecule has 0 saturated carbocycles. The second kappa shape index (κ2) is 10.3. The molecule has 0 atom stereocenters. The summed E-state index contributed by atoms with van der Waals surface area (Å²) in [6, 6.07) is 11.8. The summed E-state index contributed by atoms with van der Waals surface area (Å²) < 4.78 is 32.7. The third kappa shape index (κ3) is 9.13. The number of nitrogens with one attached hydrogen (secondary N) is 1. The van der Waals surface area contributed by atoms with Crippen LogP contribution in [0.25, 0.3) is 0 Å². The van der Waals surface area contributed by atoms with Gasteiger partial charge in [-0.2, -0.15) is 0 Å². The Morgan fingerprint density at radius 3 is 2.19 bits per heavy atom. The predicted molar refractivity (Wildman–Crippen MR) is 128 cm³/mol. The lowest BCUT2D eigenvalue weighted by atomic mass is 9.86. The van der Waals surface area contributed by atoms with Gasteiger partial charge < -0.3 is 4.74 Å². The van der Waals surface area contributed by atoms with Crippen LogP contribution in [0.3, 0.4) is 0 Å². The first-order valence-electron chi connectivity index (χ1n) is 10.6. The maximum Gasteiger partial charge on any atom is 0.348 e. The van der Waals surface area contributed by atoms with Crippen LogP contribution in [0.5, 0.6) is 0 Å². The molecule has 1 aromatic heterocycles. The molecule has 0 fully saturated rings. The van der Waals surface area contributed by atoms with Crippen molar-refractivity contribution in [3.05, 3.63) is 57.3 Å². The maximum absolute atomic E-state index is 12.3. The number of carbonyl (C=O) groups is 1. The van der Waals surface area contributed by atoms with Crippen LogP contribution in [0.2, 0.25) is 0 Å². The molecule has 0 amide bonds. The molecule has 1 heterocycles. The van der Waals surface area contributed by atoms with Crippen LogP contribution < -0.4 is 4.72 Å². The van der Waals surface area contributed by atoms with Crippen molar-refractivity contribution in [1.82, 2.24) is 4.72 Å². The third-order valence-corrected chi connectivity index (χ3v) is 7.17. The smallest absolute Gasteiger partial charge is 0.348 e. The first-order valence-corrected chi connectivity index (χ1v) is 13.1. The Morgan fingerprint density at radius 1 is 0.968 bits per heavy atom. The van der Waals surface area contributed by atoms with Crippen LogP contribution in [0.1, 0.15) is 73.6 Å². The van der Waals surface area contributed by atoms with Crippen molar-refractivity contribution in [2.24, 2.45) is 0 Å². The minimum atomic E-state index is -3.32. The average Bonchev–Trinajstić information content (AvgIpc) is 3.11.